The van der Waals surface area contributed by atoms with Crippen molar-refractivity contribution in [2.24, 2.45) is 0 Å². The zero-order valence-corrected chi connectivity index (χ0v) is 20.6. The van der Waals surface area contributed by atoms with Gasteiger partial charge in [0.2, 0.25) is 0 Å². The maximum Gasteiger partial charge on any atom is 0.289 e. The topological polar surface area (TPSA) is 117 Å². The molecule has 0 radical (unpaired) electrons. The van der Waals surface area contributed by atoms with Crippen molar-refractivity contribution in [2.45, 2.75) is 33.6 Å². The molecule has 35 heavy (non-hydrogen) atoms. The minimum absolute atomic E-state index is 0.0564. The second kappa shape index (κ2) is 14.9. The van der Waals surface area contributed by atoms with Crippen LogP contribution in [0.3, 0.4) is 0 Å². The SMILES string of the molecule is C=CCN(CC=C)c1ccc(C#N)c([N+](=O)[O-])c1.CCCN(CCC)c1ccc([N+](=O)[O-])c(C)c1. The fourth-order valence-corrected chi connectivity index (χ4v) is 3.51. The molecule has 0 N–H and O–H groups in total. The molecule has 186 valence electrons. The van der Waals surface area contributed by atoms with E-state index in [1.165, 1.54) is 12.1 Å². The van der Waals surface area contributed by atoms with Crippen LogP contribution in [0.5, 0.6) is 0 Å². The maximum atomic E-state index is 10.9. The summed E-state index contributed by atoms with van der Waals surface area (Å²) in [6.07, 6.45) is 5.56. The van der Waals surface area contributed by atoms with Gasteiger partial charge in [-0.2, -0.15) is 5.26 Å². The Labute approximate surface area is 206 Å². The van der Waals surface area contributed by atoms with E-state index in [1.807, 2.05) is 17.0 Å². The second-order valence-electron chi connectivity index (χ2n) is 7.77. The van der Waals surface area contributed by atoms with Crippen molar-refractivity contribution >= 4 is 22.7 Å². The Morgan fingerprint density at radius 2 is 1.40 bits per heavy atom. The third kappa shape index (κ3) is 8.59. The Bertz CT molecular complexity index is 1060. The summed E-state index contributed by atoms with van der Waals surface area (Å²) in [6, 6.07) is 11.7. The number of rotatable bonds is 12. The highest BCUT2D eigenvalue weighted by molar-refractivity contribution is 5.60. The zero-order valence-electron chi connectivity index (χ0n) is 20.6. The van der Waals surface area contributed by atoms with E-state index in [4.69, 9.17) is 5.26 Å². The smallest absolute Gasteiger partial charge is 0.289 e. The van der Waals surface area contributed by atoms with Crippen molar-refractivity contribution in [3.8, 4) is 6.07 Å². The fraction of sp³-hybridized carbons (Fsp3) is 0.346. The summed E-state index contributed by atoms with van der Waals surface area (Å²) >= 11 is 0. The van der Waals surface area contributed by atoms with Crippen LogP contribution in [0.4, 0.5) is 22.7 Å². The van der Waals surface area contributed by atoms with Crippen LogP contribution in [0, 0.1) is 38.5 Å². The van der Waals surface area contributed by atoms with Gasteiger partial charge >= 0.3 is 0 Å². The highest BCUT2D eigenvalue weighted by atomic mass is 16.6. The normalized spacial score (nSPS) is 9.77. The molecule has 2 aromatic carbocycles. The average molecular weight is 480 g/mol. The average Bonchev–Trinajstić information content (AvgIpc) is 2.83. The first-order valence-corrected chi connectivity index (χ1v) is 11.4. The molecular weight excluding hydrogens is 446 g/mol. The Hall–Kier alpha value is -4.19. The Morgan fingerprint density at radius 3 is 1.83 bits per heavy atom. The molecule has 0 amide bonds. The number of hydrogen-bond acceptors (Lipinski definition) is 7. The second-order valence-corrected chi connectivity index (χ2v) is 7.77. The van der Waals surface area contributed by atoms with Crippen LogP contribution in [0.1, 0.15) is 37.8 Å². The molecular formula is C26H33N5O4. The Kier molecular flexibility index (Phi) is 12.2. The molecule has 0 aromatic heterocycles. The molecule has 0 saturated heterocycles. The lowest BCUT2D eigenvalue weighted by atomic mass is 10.1. The van der Waals surface area contributed by atoms with Gasteiger partial charge in [-0.05, 0) is 44.0 Å². The van der Waals surface area contributed by atoms with E-state index in [1.54, 1.807) is 37.3 Å². The lowest BCUT2D eigenvalue weighted by Crippen LogP contribution is -2.24. The monoisotopic (exact) mass is 479 g/mol. The molecule has 9 nitrogen and oxygen atoms in total. The molecule has 0 aliphatic heterocycles. The number of nitro groups is 2. The number of aryl methyl sites for hydroxylation is 1. The van der Waals surface area contributed by atoms with Crippen molar-refractivity contribution in [3.63, 3.8) is 0 Å². The molecule has 0 saturated carbocycles. The molecule has 0 aliphatic carbocycles. The van der Waals surface area contributed by atoms with E-state index in [0.717, 1.165) is 37.2 Å². The third-order valence-corrected chi connectivity index (χ3v) is 5.09. The van der Waals surface area contributed by atoms with Crippen molar-refractivity contribution < 1.29 is 9.85 Å². The van der Waals surface area contributed by atoms with Gasteiger partial charge < -0.3 is 9.80 Å². The van der Waals surface area contributed by atoms with Crippen LogP contribution >= 0.6 is 0 Å². The molecule has 2 aromatic rings. The quantitative estimate of drug-likeness (QED) is 0.203. The largest absolute Gasteiger partial charge is 0.372 e. The molecule has 0 unspecified atom stereocenters. The van der Waals surface area contributed by atoms with Crippen molar-refractivity contribution in [2.75, 3.05) is 36.0 Å². The first-order chi connectivity index (χ1) is 16.7. The van der Waals surface area contributed by atoms with Gasteiger partial charge in [0.15, 0.2) is 0 Å². The minimum atomic E-state index is -0.554. The molecule has 9 heteroatoms. The molecule has 0 heterocycles. The van der Waals surface area contributed by atoms with E-state index in [0.29, 0.717) is 18.8 Å². The number of hydrogen-bond donors (Lipinski definition) is 0. The summed E-state index contributed by atoms with van der Waals surface area (Å²) in [5.41, 5.74) is 2.54. The van der Waals surface area contributed by atoms with E-state index in [9.17, 15) is 20.2 Å². The summed E-state index contributed by atoms with van der Waals surface area (Å²) in [6.45, 7) is 16.4. The van der Waals surface area contributed by atoms with Crippen LogP contribution in [0.25, 0.3) is 0 Å². The Morgan fingerprint density at radius 1 is 0.886 bits per heavy atom. The third-order valence-electron chi connectivity index (χ3n) is 5.09. The summed E-state index contributed by atoms with van der Waals surface area (Å²) in [5.74, 6) is 0. The van der Waals surface area contributed by atoms with E-state index in [2.05, 4.69) is 31.9 Å². The van der Waals surface area contributed by atoms with Crippen LogP contribution in [-0.4, -0.2) is 36.0 Å². The molecule has 0 bridgehead atoms. The summed E-state index contributed by atoms with van der Waals surface area (Å²) in [4.78, 5) is 24.9. The van der Waals surface area contributed by atoms with Crippen molar-refractivity contribution in [1.29, 1.82) is 5.26 Å². The van der Waals surface area contributed by atoms with Crippen LogP contribution < -0.4 is 9.80 Å². The van der Waals surface area contributed by atoms with Gasteiger partial charge in [0.05, 0.1) is 9.85 Å². The van der Waals surface area contributed by atoms with Gasteiger partial charge in [0, 0.05) is 55.2 Å². The first-order valence-electron chi connectivity index (χ1n) is 11.4. The lowest BCUT2D eigenvalue weighted by molar-refractivity contribution is -0.385. The van der Waals surface area contributed by atoms with Crippen LogP contribution in [0.15, 0.2) is 61.7 Å². The highest BCUT2D eigenvalue weighted by Crippen LogP contribution is 2.26. The predicted molar refractivity (Wildman–Crippen MR) is 141 cm³/mol. The fourth-order valence-electron chi connectivity index (χ4n) is 3.51. The summed E-state index contributed by atoms with van der Waals surface area (Å²) in [7, 11) is 0. The Balaban J connectivity index is 0.000000351. The lowest BCUT2D eigenvalue weighted by Gasteiger charge is -2.24. The molecule has 2 rings (SSSR count). The van der Waals surface area contributed by atoms with E-state index >= 15 is 0 Å². The number of nitro benzene ring substituents is 2. The van der Waals surface area contributed by atoms with Crippen molar-refractivity contribution in [1.82, 2.24) is 0 Å². The number of anilines is 2. The van der Waals surface area contributed by atoms with Gasteiger partial charge in [-0.3, -0.25) is 20.2 Å². The van der Waals surface area contributed by atoms with Gasteiger partial charge in [0.25, 0.3) is 11.4 Å². The number of nitriles is 1. The van der Waals surface area contributed by atoms with Gasteiger partial charge in [-0.15, -0.1) is 13.2 Å². The van der Waals surface area contributed by atoms with Gasteiger partial charge in [0.1, 0.15) is 11.6 Å². The highest BCUT2D eigenvalue weighted by Gasteiger charge is 2.16. The number of benzene rings is 2. The molecule has 0 fully saturated rings. The van der Waals surface area contributed by atoms with Crippen LogP contribution in [0.2, 0.25) is 0 Å². The minimum Gasteiger partial charge on any atom is -0.372 e. The molecule has 0 spiro atoms. The number of nitrogens with zero attached hydrogens (tertiary/aromatic N) is 5. The van der Waals surface area contributed by atoms with Crippen molar-refractivity contribution in [3.05, 3.63) is 93.1 Å². The van der Waals surface area contributed by atoms with Crippen LogP contribution in [-0.2, 0) is 0 Å². The van der Waals surface area contributed by atoms with E-state index < -0.39 is 4.92 Å². The predicted octanol–water partition coefficient (Wildman–Crippen LogP) is 6.17. The van der Waals surface area contributed by atoms with Gasteiger partial charge in [-0.25, -0.2) is 0 Å². The van der Waals surface area contributed by atoms with E-state index in [-0.39, 0.29) is 21.9 Å². The zero-order chi connectivity index (χ0) is 26.4. The standard InChI is InChI=1S/C13H13N3O2.C13H20N2O2/c1-3-7-15(8-4-2)12-6-5-11(10-14)13(9-12)16(17)18;1-4-8-14(9-5-2)12-6-7-13(15(16)17)11(3)10-12/h3-6,9H,1-2,7-8H2;6-7,10H,4-5,8-9H2,1-3H3. The summed E-state index contributed by atoms with van der Waals surface area (Å²) in [5, 5.41) is 30.4. The molecule has 0 aliphatic rings. The maximum absolute atomic E-state index is 10.9. The summed E-state index contributed by atoms with van der Waals surface area (Å²) < 4.78 is 0. The first kappa shape index (κ1) is 28.8. The molecule has 0 atom stereocenters. The van der Waals surface area contributed by atoms with Gasteiger partial charge in [-0.1, -0.05) is 26.0 Å².